The highest BCUT2D eigenvalue weighted by atomic mass is 32.2. The summed E-state index contributed by atoms with van der Waals surface area (Å²) in [6.07, 6.45) is 8.47. The zero-order valence-electron chi connectivity index (χ0n) is 13.6. The summed E-state index contributed by atoms with van der Waals surface area (Å²) in [4.78, 5) is 12.2. The van der Waals surface area contributed by atoms with Crippen molar-refractivity contribution < 1.29 is 0 Å². The number of rotatable bonds is 2. The lowest BCUT2D eigenvalue weighted by Gasteiger charge is -2.24. The lowest BCUT2D eigenvalue weighted by Crippen LogP contribution is -2.28. The van der Waals surface area contributed by atoms with Gasteiger partial charge < -0.3 is 9.47 Å². The van der Waals surface area contributed by atoms with Crippen LogP contribution in [-0.2, 0) is 13.1 Å². The topological polar surface area (TPSA) is 37.2 Å². The number of pyridine rings is 1. The van der Waals surface area contributed by atoms with Crippen LogP contribution < -0.4 is 4.90 Å². The van der Waals surface area contributed by atoms with E-state index in [9.17, 15) is 0 Å². The van der Waals surface area contributed by atoms with Crippen molar-refractivity contribution >= 4 is 28.8 Å². The Kier molecular flexibility index (Phi) is 3.30. The van der Waals surface area contributed by atoms with Crippen molar-refractivity contribution in [2.45, 2.75) is 32.4 Å². The first kappa shape index (κ1) is 14.1. The number of aromatic nitrogens is 3. The minimum atomic E-state index is 0.913. The molecule has 2 fully saturated rings. The Labute approximate surface area is 141 Å². The van der Waals surface area contributed by atoms with Gasteiger partial charge >= 0.3 is 0 Å². The van der Waals surface area contributed by atoms with Crippen LogP contribution in [0.15, 0.2) is 12.3 Å². The van der Waals surface area contributed by atoms with Gasteiger partial charge in [0.25, 0.3) is 0 Å². The van der Waals surface area contributed by atoms with Gasteiger partial charge in [-0.3, -0.25) is 0 Å². The molecule has 5 nitrogen and oxygen atoms in total. The van der Waals surface area contributed by atoms with Crippen molar-refractivity contribution in [3.8, 4) is 0 Å². The van der Waals surface area contributed by atoms with Crippen LogP contribution in [0.4, 0.5) is 5.69 Å². The highest BCUT2D eigenvalue weighted by Gasteiger charge is 2.36. The predicted octanol–water partition coefficient (Wildman–Crippen LogP) is 2.76. The van der Waals surface area contributed by atoms with Crippen LogP contribution in [0.25, 0.3) is 11.2 Å². The van der Waals surface area contributed by atoms with Crippen LogP contribution in [0.2, 0.25) is 0 Å². The average molecular weight is 329 g/mol. The molecule has 4 heterocycles. The van der Waals surface area contributed by atoms with Crippen LogP contribution in [0, 0.1) is 11.8 Å². The van der Waals surface area contributed by atoms with Gasteiger partial charge in [-0.05, 0) is 37.0 Å². The van der Waals surface area contributed by atoms with E-state index in [0.717, 1.165) is 48.5 Å². The molecular weight excluding hydrogens is 306 g/mol. The van der Waals surface area contributed by atoms with Crippen molar-refractivity contribution in [2.24, 2.45) is 11.8 Å². The Morgan fingerprint density at radius 2 is 2.00 bits per heavy atom. The Morgan fingerprint density at radius 1 is 1.17 bits per heavy atom. The van der Waals surface area contributed by atoms with Crippen LogP contribution in [0.1, 0.15) is 25.1 Å². The van der Waals surface area contributed by atoms with Crippen LogP contribution >= 0.6 is 11.9 Å². The van der Waals surface area contributed by atoms with E-state index in [1.807, 2.05) is 0 Å². The molecule has 0 bridgehead atoms. The smallest absolute Gasteiger partial charge is 0.160 e. The number of hydrogen-bond donors (Lipinski definition) is 0. The van der Waals surface area contributed by atoms with Gasteiger partial charge in [0, 0.05) is 26.2 Å². The molecule has 122 valence electrons. The van der Waals surface area contributed by atoms with Gasteiger partial charge in [-0.1, -0.05) is 18.4 Å². The SMILES string of the molecule is CSN1CCn2c(nc3cc(N4CC5CCCC5C4)cnc32)C1. The minimum absolute atomic E-state index is 0.913. The molecule has 6 heteroatoms. The summed E-state index contributed by atoms with van der Waals surface area (Å²) in [5.41, 5.74) is 3.39. The fourth-order valence-electron chi connectivity index (χ4n) is 4.63. The minimum Gasteiger partial charge on any atom is -0.370 e. The molecular formula is C17H23N5S. The number of hydrogen-bond acceptors (Lipinski definition) is 5. The highest BCUT2D eigenvalue weighted by Crippen LogP contribution is 2.39. The summed E-state index contributed by atoms with van der Waals surface area (Å²) in [6, 6.07) is 2.26. The average Bonchev–Trinajstić information content (AvgIpc) is 3.25. The Morgan fingerprint density at radius 3 is 2.78 bits per heavy atom. The van der Waals surface area contributed by atoms with E-state index in [4.69, 9.17) is 9.97 Å². The molecule has 2 unspecified atom stereocenters. The summed E-state index contributed by atoms with van der Waals surface area (Å²) >= 11 is 1.80. The molecule has 0 N–H and O–H groups in total. The van der Waals surface area contributed by atoms with Crippen molar-refractivity contribution in [3.63, 3.8) is 0 Å². The maximum atomic E-state index is 4.87. The van der Waals surface area contributed by atoms with E-state index in [0.29, 0.717) is 0 Å². The Hall–Kier alpha value is -1.27. The standard InChI is InChI=1S/C17H23N5S/c1-23-21-5-6-22-16(11-21)19-15-7-14(8-18-17(15)22)20-9-12-3-2-4-13(12)10-20/h7-8,12-13H,2-6,9-11H2,1H3. The van der Waals surface area contributed by atoms with Gasteiger partial charge in [0.2, 0.25) is 0 Å². The van der Waals surface area contributed by atoms with E-state index in [-0.39, 0.29) is 0 Å². The molecule has 2 aromatic rings. The summed E-state index contributed by atoms with van der Waals surface area (Å²) in [6.45, 7) is 5.41. The monoisotopic (exact) mass is 329 g/mol. The lowest BCUT2D eigenvalue weighted by atomic mass is 10.0. The van der Waals surface area contributed by atoms with Gasteiger partial charge in [-0.15, -0.1) is 0 Å². The van der Waals surface area contributed by atoms with Crippen molar-refractivity contribution in [3.05, 3.63) is 18.1 Å². The first-order chi connectivity index (χ1) is 11.3. The number of fused-ring (bicyclic) bond motifs is 4. The number of imidazole rings is 1. The second-order valence-electron chi connectivity index (χ2n) is 7.12. The molecule has 0 aromatic carbocycles. The third-order valence-corrected chi connectivity index (χ3v) is 6.72. The van der Waals surface area contributed by atoms with E-state index in [1.165, 1.54) is 38.0 Å². The van der Waals surface area contributed by atoms with Crippen LogP contribution in [0.3, 0.4) is 0 Å². The fraction of sp³-hybridized carbons (Fsp3) is 0.647. The summed E-state index contributed by atoms with van der Waals surface area (Å²) in [5, 5.41) is 0. The lowest BCUT2D eigenvalue weighted by molar-refractivity contribution is 0.373. The largest absolute Gasteiger partial charge is 0.370 e. The maximum Gasteiger partial charge on any atom is 0.160 e. The molecule has 2 aliphatic heterocycles. The molecule has 5 rings (SSSR count). The van der Waals surface area contributed by atoms with E-state index < -0.39 is 0 Å². The van der Waals surface area contributed by atoms with Crippen LogP contribution in [0.5, 0.6) is 0 Å². The zero-order valence-corrected chi connectivity index (χ0v) is 14.4. The molecule has 1 saturated heterocycles. The molecule has 0 radical (unpaired) electrons. The molecule has 1 aliphatic carbocycles. The molecule has 1 saturated carbocycles. The summed E-state index contributed by atoms with van der Waals surface area (Å²) < 4.78 is 4.66. The first-order valence-corrected chi connectivity index (χ1v) is 9.89. The van der Waals surface area contributed by atoms with E-state index >= 15 is 0 Å². The first-order valence-electron chi connectivity index (χ1n) is 8.71. The second-order valence-corrected chi connectivity index (χ2v) is 8.00. The molecule has 23 heavy (non-hydrogen) atoms. The van der Waals surface area contributed by atoms with Gasteiger partial charge in [-0.2, -0.15) is 0 Å². The zero-order chi connectivity index (χ0) is 15.4. The number of anilines is 1. The molecule has 0 spiro atoms. The summed E-state index contributed by atoms with van der Waals surface area (Å²) in [7, 11) is 0. The van der Waals surface area contributed by atoms with Crippen molar-refractivity contribution in [1.29, 1.82) is 0 Å². The third-order valence-electron chi connectivity index (χ3n) is 5.89. The quantitative estimate of drug-likeness (QED) is 0.792. The van der Waals surface area contributed by atoms with Crippen molar-refractivity contribution in [1.82, 2.24) is 18.8 Å². The van der Waals surface area contributed by atoms with Gasteiger partial charge in [-0.25, -0.2) is 14.3 Å². The summed E-state index contributed by atoms with van der Waals surface area (Å²) in [5.74, 6) is 2.98. The maximum absolute atomic E-state index is 4.87. The van der Waals surface area contributed by atoms with E-state index in [1.54, 1.807) is 11.9 Å². The van der Waals surface area contributed by atoms with Gasteiger partial charge in [0.05, 0.1) is 18.4 Å². The normalized spacial score (nSPS) is 27.6. The highest BCUT2D eigenvalue weighted by molar-refractivity contribution is 7.96. The van der Waals surface area contributed by atoms with Crippen molar-refractivity contribution in [2.75, 3.05) is 30.8 Å². The molecule has 2 aromatic heterocycles. The van der Waals surface area contributed by atoms with Crippen LogP contribution in [-0.4, -0.2) is 44.7 Å². The third kappa shape index (κ3) is 2.26. The van der Waals surface area contributed by atoms with Gasteiger partial charge in [0.15, 0.2) is 5.65 Å². The fourth-order valence-corrected chi connectivity index (χ4v) is 5.13. The Bertz CT molecular complexity index is 730. The Balaban J connectivity index is 1.46. The number of nitrogens with zero attached hydrogens (tertiary/aromatic N) is 5. The van der Waals surface area contributed by atoms with Gasteiger partial charge in [0.1, 0.15) is 11.3 Å². The molecule has 0 amide bonds. The molecule has 2 atom stereocenters. The molecule has 3 aliphatic rings. The second kappa shape index (κ2) is 5.38. The van der Waals surface area contributed by atoms with E-state index in [2.05, 4.69) is 32.3 Å². The predicted molar refractivity (Wildman–Crippen MR) is 94.5 cm³/mol.